The Labute approximate surface area is 143 Å². The molecule has 23 heavy (non-hydrogen) atoms. The summed E-state index contributed by atoms with van der Waals surface area (Å²) in [7, 11) is 0. The molecule has 1 atom stereocenters. The molecule has 5 heteroatoms. The molecule has 0 saturated carbocycles. The molecule has 0 bridgehead atoms. The van der Waals surface area contributed by atoms with Crippen LogP contribution in [0.2, 0.25) is 0 Å². The van der Waals surface area contributed by atoms with Gasteiger partial charge >= 0.3 is 0 Å². The minimum Gasteiger partial charge on any atom is -0.341 e. The number of nitrogens with zero attached hydrogens (tertiary/aromatic N) is 2. The first-order valence-electron chi connectivity index (χ1n) is 8.25. The van der Waals surface area contributed by atoms with E-state index in [9.17, 15) is 9.59 Å². The summed E-state index contributed by atoms with van der Waals surface area (Å²) in [5.41, 5.74) is 0. The number of carbonyl (C=O) groups is 2. The molecule has 0 spiro atoms. The number of rotatable bonds is 4. The van der Waals surface area contributed by atoms with Gasteiger partial charge in [-0.15, -0.1) is 11.8 Å². The number of benzene rings is 1. The van der Waals surface area contributed by atoms with Gasteiger partial charge in [-0.1, -0.05) is 32.0 Å². The highest BCUT2D eigenvalue weighted by atomic mass is 32.2. The Balaban J connectivity index is 2.04. The molecule has 1 aromatic rings. The standard InChI is InChI=1S/C18H26N2O2S/c1-14(2)17(23-16-8-5-4-6-9-16)18(22)20-11-7-10-19(12-13-20)15(3)21/h4-6,8-9,14,17H,7,10-13H2,1-3H3/t17-/m0/s1. The predicted octanol–water partition coefficient (Wildman–Crippen LogP) is 2.88. The lowest BCUT2D eigenvalue weighted by Gasteiger charge is -2.28. The van der Waals surface area contributed by atoms with Crippen LogP contribution in [0.1, 0.15) is 27.2 Å². The molecule has 1 fully saturated rings. The van der Waals surface area contributed by atoms with Crippen LogP contribution in [0.4, 0.5) is 0 Å². The second kappa shape index (κ2) is 8.39. The lowest BCUT2D eigenvalue weighted by molar-refractivity contribution is -0.132. The first kappa shape index (κ1) is 17.9. The Morgan fingerprint density at radius 2 is 1.61 bits per heavy atom. The van der Waals surface area contributed by atoms with Crippen molar-refractivity contribution >= 4 is 23.6 Å². The molecule has 0 aromatic heterocycles. The molecule has 2 amide bonds. The molecule has 1 aliphatic rings. The summed E-state index contributed by atoms with van der Waals surface area (Å²) >= 11 is 1.64. The van der Waals surface area contributed by atoms with Gasteiger partial charge in [0.2, 0.25) is 11.8 Å². The molecule has 1 aromatic carbocycles. The number of amides is 2. The Bertz CT molecular complexity index is 533. The van der Waals surface area contributed by atoms with Crippen molar-refractivity contribution in [3.05, 3.63) is 30.3 Å². The van der Waals surface area contributed by atoms with Crippen molar-refractivity contribution in [2.75, 3.05) is 26.2 Å². The van der Waals surface area contributed by atoms with Crippen LogP contribution in [0.25, 0.3) is 0 Å². The number of carbonyl (C=O) groups excluding carboxylic acids is 2. The highest BCUT2D eigenvalue weighted by Gasteiger charge is 2.29. The zero-order chi connectivity index (χ0) is 16.8. The fourth-order valence-electron chi connectivity index (χ4n) is 2.75. The zero-order valence-corrected chi connectivity index (χ0v) is 15.0. The summed E-state index contributed by atoms with van der Waals surface area (Å²) in [6.07, 6.45) is 0.853. The van der Waals surface area contributed by atoms with E-state index < -0.39 is 0 Å². The van der Waals surface area contributed by atoms with Crippen LogP contribution >= 0.6 is 11.8 Å². The second-order valence-corrected chi connectivity index (χ2v) is 7.50. The van der Waals surface area contributed by atoms with Crippen LogP contribution in [0.15, 0.2) is 35.2 Å². The summed E-state index contributed by atoms with van der Waals surface area (Å²) in [5, 5.41) is -0.0821. The normalized spacial score (nSPS) is 17.0. The third-order valence-corrected chi connectivity index (χ3v) is 5.65. The largest absolute Gasteiger partial charge is 0.341 e. The minimum atomic E-state index is -0.0821. The number of thioether (sulfide) groups is 1. The van der Waals surface area contributed by atoms with E-state index >= 15 is 0 Å². The van der Waals surface area contributed by atoms with E-state index in [1.165, 1.54) is 0 Å². The van der Waals surface area contributed by atoms with Gasteiger partial charge in [0.05, 0.1) is 5.25 Å². The zero-order valence-electron chi connectivity index (χ0n) is 14.2. The van der Waals surface area contributed by atoms with Crippen molar-refractivity contribution < 1.29 is 9.59 Å². The smallest absolute Gasteiger partial charge is 0.236 e. The first-order valence-corrected chi connectivity index (χ1v) is 9.13. The average Bonchev–Trinajstić information content (AvgIpc) is 2.79. The van der Waals surface area contributed by atoms with Gasteiger partial charge in [0.25, 0.3) is 0 Å². The second-order valence-electron chi connectivity index (χ2n) is 6.28. The van der Waals surface area contributed by atoms with Crippen LogP contribution in [-0.4, -0.2) is 53.0 Å². The SMILES string of the molecule is CC(=O)N1CCCN(C(=O)[C@@H](Sc2ccccc2)C(C)C)CC1. The van der Waals surface area contributed by atoms with E-state index in [1.54, 1.807) is 18.7 Å². The number of hydrogen-bond acceptors (Lipinski definition) is 3. The van der Waals surface area contributed by atoms with E-state index in [4.69, 9.17) is 0 Å². The molecule has 1 heterocycles. The average molecular weight is 334 g/mol. The van der Waals surface area contributed by atoms with Crippen LogP contribution in [0, 0.1) is 5.92 Å². The maximum atomic E-state index is 13.0. The Hall–Kier alpha value is -1.49. The minimum absolute atomic E-state index is 0.0821. The van der Waals surface area contributed by atoms with E-state index in [0.29, 0.717) is 13.1 Å². The van der Waals surface area contributed by atoms with Crippen LogP contribution in [0.5, 0.6) is 0 Å². The van der Waals surface area contributed by atoms with Gasteiger partial charge in [-0.2, -0.15) is 0 Å². The molecule has 1 aliphatic heterocycles. The van der Waals surface area contributed by atoms with Crippen molar-refractivity contribution in [3.8, 4) is 0 Å². The van der Waals surface area contributed by atoms with Crippen LogP contribution in [0.3, 0.4) is 0 Å². The van der Waals surface area contributed by atoms with Gasteiger partial charge in [0.1, 0.15) is 0 Å². The van der Waals surface area contributed by atoms with E-state index in [2.05, 4.69) is 13.8 Å². The summed E-state index contributed by atoms with van der Waals surface area (Å²) in [5.74, 6) is 0.553. The molecule has 0 N–H and O–H groups in total. The highest BCUT2D eigenvalue weighted by Crippen LogP contribution is 2.29. The quantitative estimate of drug-likeness (QED) is 0.795. The van der Waals surface area contributed by atoms with E-state index in [1.807, 2.05) is 40.1 Å². The molecule has 0 radical (unpaired) electrons. The lowest BCUT2D eigenvalue weighted by atomic mass is 10.1. The fraction of sp³-hybridized carbons (Fsp3) is 0.556. The van der Waals surface area contributed by atoms with Crippen molar-refractivity contribution in [2.24, 2.45) is 5.92 Å². The Morgan fingerprint density at radius 1 is 1.00 bits per heavy atom. The summed E-state index contributed by atoms with van der Waals surface area (Å²) < 4.78 is 0. The lowest BCUT2D eigenvalue weighted by Crippen LogP contribution is -2.42. The third kappa shape index (κ3) is 4.99. The molecule has 0 unspecified atom stereocenters. The summed E-state index contributed by atoms with van der Waals surface area (Å²) in [6.45, 7) is 8.55. The topological polar surface area (TPSA) is 40.6 Å². The van der Waals surface area contributed by atoms with Crippen molar-refractivity contribution in [1.82, 2.24) is 9.80 Å². The van der Waals surface area contributed by atoms with Crippen LogP contribution in [-0.2, 0) is 9.59 Å². The van der Waals surface area contributed by atoms with Crippen molar-refractivity contribution in [3.63, 3.8) is 0 Å². The van der Waals surface area contributed by atoms with Crippen molar-refractivity contribution in [2.45, 2.75) is 37.3 Å². The summed E-state index contributed by atoms with van der Waals surface area (Å²) in [6, 6.07) is 10.1. The predicted molar refractivity (Wildman–Crippen MR) is 94.4 cm³/mol. The fourth-order valence-corrected chi connectivity index (χ4v) is 3.88. The maximum Gasteiger partial charge on any atom is 0.236 e. The van der Waals surface area contributed by atoms with Gasteiger partial charge in [0, 0.05) is 38.0 Å². The Kier molecular flexibility index (Phi) is 6.51. The molecule has 0 aliphatic carbocycles. The molecular formula is C18H26N2O2S. The van der Waals surface area contributed by atoms with Crippen molar-refractivity contribution in [1.29, 1.82) is 0 Å². The van der Waals surface area contributed by atoms with Gasteiger partial charge in [-0.25, -0.2) is 0 Å². The monoisotopic (exact) mass is 334 g/mol. The molecule has 1 saturated heterocycles. The van der Waals surface area contributed by atoms with E-state index in [0.717, 1.165) is 24.4 Å². The highest BCUT2D eigenvalue weighted by molar-refractivity contribution is 8.00. The Morgan fingerprint density at radius 3 is 2.22 bits per heavy atom. The van der Waals surface area contributed by atoms with Gasteiger partial charge in [0.15, 0.2) is 0 Å². The van der Waals surface area contributed by atoms with Gasteiger partial charge < -0.3 is 9.80 Å². The number of hydrogen-bond donors (Lipinski definition) is 0. The molecule has 126 valence electrons. The van der Waals surface area contributed by atoms with Crippen LogP contribution < -0.4 is 0 Å². The molecule has 4 nitrogen and oxygen atoms in total. The third-order valence-electron chi connectivity index (χ3n) is 4.11. The van der Waals surface area contributed by atoms with Gasteiger partial charge in [-0.3, -0.25) is 9.59 Å². The molecule has 2 rings (SSSR count). The molecular weight excluding hydrogens is 308 g/mol. The van der Waals surface area contributed by atoms with E-state index in [-0.39, 0.29) is 23.0 Å². The first-order chi connectivity index (χ1) is 11.0. The summed E-state index contributed by atoms with van der Waals surface area (Å²) in [4.78, 5) is 29.4. The van der Waals surface area contributed by atoms with Gasteiger partial charge in [-0.05, 0) is 24.5 Å². The maximum absolute atomic E-state index is 13.0.